The fourth-order valence-corrected chi connectivity index (χ4v) is 3.55. The highest BCUT2D eigenvalue weighted by atomic mass is 19.4. The van der Waals surface area contributed by atoms with E-state index in [-0.39, 0.29) is 23.9 Å². The molecule has 1 atom stereocenters. The average Bonchev–Trinajstić information content (AvgIpc) is 3.14. The first kappa shape index (κ1) is 31.1. The summed E-state index contributed by atoms with van der Waals surface area (Å²) in [6, 6.07) is 6.21. The Labute approximate surface area is 200 Å². The van der Waals surface area contributed by atoms with Crippen LogP contribution in [0.3, 0.4) is 0 Å². The third-order valence-corrected chi connectivity index (χ3v) is 5.37. The highest BCUT2D eigenvalue weighted by Gasteiger charge is 2.47. The number of aliphatic hydroxyl groups excluding tert-OH is 1. The number of hydrogen-bond acceptors (Lipinski definition) is 6. The van der Waals surface area contributed by atoms with E-state index >= 15 is 0 Å². The topological polar surface area (TPSA) is 122 Å². The Hall–Kier alpha value is -2.98. The first-order valence-corrected chi connectivity index (χ1v) is 10.1. The van der Waals surface area contributed by atoms with E-state index in [0.717, 1.165) is 19.5 Å². The number of carbonyl (C=O) groups excluding carboxylic acids is 1. The van der Waals surface area contributed by atoms with E-state index in [1.165, 1.54) is 12.1 Å². The molecule has 1 amide bonds. The minimum atomic E-state index is -5.08. The normalized spacial score (nSPS) is 20.9. The number of likely N-dealkylation sites (N-methyl/N-ethyl adjacent to an activating group) is 1. The molecule has 2 aliphatic heterocycles. The molecule has 0 aliphatic carbocycles. The molecule has 2 fully saturated rings. The third-order valence-electron chi connectivity index (χ3n) is 5.37. The van der Waals surface area contributed by atoms with E-state index < -0.39 is 24.3 Å². The van der Waals surface area contributed by atoms with Gasteiger partial charge in [-0.15, -0.1) is 0 Å². The number of amides is 1. The number of carboxylic acids is 2. The number of hydrogen-bond donors (Lipinski definition) is 3. The van der Waals surface area contributed by atoms with E-state index in [0.29, 0.717) is 25.3 Å². The minimum Gasteiger partial charge on any atom is -0.475 e. The van der Waals surface area contributed by atoms with Gasteiger partial charge in [-0.1, -0.05) is 6.07 Å². The molecule has 2 heterocycles. The standard InChI is InChI=1S/C16H22FN3O2.2C2HF3O2/c1-18-10-15(22)20(14-4-2-3-13(17)9-14)12-16(18)5-6-19(11-16)7-8-21;2*3-2(4,5)1(6)7/h2-4,9,21H,5-8,10-12H2,1H3;2*(H,6,7). The van der Waals surface area contributed by atoms with Gasteiger partial charge in [-0.3, -0.25) is 14.6 Å². The van der Waals surface area contributed by atoms with Gasteiger partial charge in [0.05, 0.1) is 18.7 Å². The lowest BCUT2D eigenvalue weighted by molar-refractivity contribution is -0.193. The van der Waals surface area contributed by atoms with Crippen LogP contribution in [0.5, 0.6) is 0 Å². The van der Waals surface area contributed by atoms with Crippen molar-refractivity contribution < 1.29 is 60.4 Å². The van der Waals surface area contributed by atoms with E-state index in [2.05, 4.69) is 9.80 Å². The highest BCUT2D eigenvalue weighted by Crippen LogP contribution is 2.33. The molecule has 3 N–H and O–H groups in total. The second-order valence-corrected chi connectivity index (χ2v) is 7.90. The number of benzene rings is 1. The van der Waals surface area contributed by atoms with Gasteiger partial charge in [0.2, 0.25) is 5.91 Å². The van der Waals surface area contributed by atoms with Crippen molar-refractivity contribution in [1.82, 2.24) is 9.80 Å². The predicted molar refractivity (Wildman–Crippen MR) is 110 cm³/mol. The Morgan fingerprint density at radius 2 is 1.56 bits per heavy atom. The van der Waals surface area contributed by atoms with Gasteiger partial charge in [-0.25, -0.2) is 14.0 Å². The zero-order chi connectivity index (χ0) is 27.9. The lowest BCUT2D eigenvalue weighted by Gasteiger charge is -2.47. The molecule has 0 saturated carbocycles. The van der Waals surface area contributed by atoms with Gasteiger partial charge in [0.1, 0.15) is 5.82 Å². The maximum absolute atomic E-state index is 13.5. The van der Waals surface area contributed by atoms with Crippen molar-refractivity contribution in [3.63, 3.8) is 0 Å². The monoisotopic (exact) mass is 535 g/mol. The molecular formula is C20H24F7N3O6. The van der Waals surface area contributed by atoms with Crippen molar-refractivity contribution in [2.75, 3.05) is 51.3 Å². The van der Waals surface area contributed by atoms with Gasteiger partial charge < -0.3 is 20.2 Å². The van der Waals surface area contributed by atoms with Gasteiger partial charge in [-0.2, -0.15) is 26.3 Å². The van der Waals surface area contributed by atoms with Crippen LogP contribution in [0.2, 0.25) is 0 Å². The number of anilines is 1. The molecule has 16 heteroatoms. The number of likely N-dealkylation sites (tertiary alicyclic amines) is 1. The van der Waals surface area contributed by atoms with E-state index in [1.807, 2.05) is 7.05 Å². The summed E-state index contributed by atoms with van der Waals surface area (Å²) in [6.07, 6.45) is -9.22. The molecular weight excluding hydrogens is 511 g/mol. The Morgan fingerprint density at radius 3 is 2.00 bits per heavy atom. The van der Waals surface area contributed by atoms with Crippen LogP contribution in [0.15, 0.2) is 24.3 Å². The summed E-state index contributed by atoms with van der Waals surface area (Å²) in [4.78, 5) is 36.2. The van der Waals surface area contributed by atoms with Crippen LogP contribution < -0.4 is 4.90 Å². The lowest BCUT2D eigenvalue weighted by atomic mass is 9.92. The number of alkyl halides is 6. The zero-order valence-corrected chi connectivity index (χ0v) is 18.8. The number of β-amino-alcohol motifs (C(OH)–C–C–N with tert-alkyl or cyclic N) is 1. The van der Waals surface area contributed by atoms with Crippen LogP contribution in [0.25, 0.3) is 0 Å². The summed E-state index contributed by atoms with van der Waals surface area (Å²) in [5.74, 6) is -5.84. The first-order valence-electron chi connectivity index (χ1n) is 10.1. The summed E-state index contributed by atoms with van der Waals surface area (Å²) < 4.78 is 76.9. The quantitative estimate of drug-likeness (QED) is 0.502. The van der Waals surface area contributed by atoms with Gasteiger partial charge in [0.25, 0.3) is 0 Å². The fourth-order valence-electron chi connectivity index (χ4n) is 3.55. The van der Waals surface area contributed by atoms with Gasteiger partial charge in [0.15, 0.2) is 0 Å². The molecule has 1 spiro atoms. The zero-order valence-electron chi connectivity index (χ0n) is 18.8. The van der Waals surface area contributed by atoms with Crippen LogP contribution >= 0.6 is 0 Å². The number of carboxylic acid groups (broad SMARTS) is 2. The maximum atomic E-state index is 13.5. The summed E-state index contributed by atoms with van der Waals surface area (Å²) in [7, 11) is 1.98. The van der Waals surface area contributed by atoms with E-state index in [4.69, 9.17) is 24.9 Å². The first-order chi connectivity index (χ1) is 16.4. The van der Waals surface area contributed by atoms with Crippen molar-refractivity contribution in [3.05, 3.63) is 30.1 Å². The van der Waals surface area contributed by atoms with Crippen molar-refractivity contribution in [2.45, 2.75) is 24.3 Å². The number of halogens is 7. The molecule has 2 aliphatic rings. The smallest absolute Gasteiger partial charge is 0.475 e. The van der Waals surface area contributed by atoms with E-state index in [9.17, 15) is 35.5 Å². The van der Waals surface area contributed by atoms with Crippen molar-refractivity contribution >= 4 is 23.5 Å². The second kappa shape index (κ2) is 12.3. The van der Waals surface area contributed by atoms with Crippen molar-refractivity contribution in [3.8, 4) is 0 Å². The molecule has 2 saturated heterocycles. The number of aliphatic carboxylic acids is 2. The van der Waals surface area contributed by atoms with Gasteiger partial charge >= 0.3 is 24.3 Å². The Morgan fingerprint density at radius 1 is 1.03 bits per heavy atom. The molecule has 36 heavy (non-hydrogen) atoms. The Balaban J connectivity index is 0.000000383. The largest absolute Gasteiger partial charge is 0.490 e. The third kappa shape index (κ3) is 8.91. The minimum absolute atomic E-state index is 0.000617. The summed E-state index contributed by atoms with van der Waals surface area (Å²) in [5.41, 5.74) is 0.508. The Kier molecular flexibility index (Phi) is 10.6. The van der Waals surface area contributed by atoms with Crippen molar-refractivity contribution in [2.24, 2.45) is 0 Å². The Bertz CT molecular complexity index is 904. The van der Waals surface area contributed by atoms with Crippen LogP contribution in [0.1, 0.15) is 6.42 Å². The molecule has 1 aromatic rings. The summed E-state index contributed by atoms with van der Waals surface area (Å²) >= 11 is 0. The van der Waals surface area contributed by atoms with Crippen LogP contribution in [0.4, 0.5) is 36.4 Å². The maximum Gasteiger partial charge on any atom is 0.490 e. The molecule has 0 bridgehead atoms. The molecule has 0 radical (unpaired) electrons. The van der Waals surface area contributed by atoms with Crippen LogP contribution in [0, 0.1) is 5.82 Å². The highest BCUT2D eigenvalue weighted by molar-refractivity contribution is 5.96. The molecule has 1 unspecified atom stereocenters. The average molecular weight is 535 g/mol. The van der Waals surface area contributed by atoms with Crippen LogP contribution in [-0.2, 0) is 14.4 Å². The number of aliphatic hydroxyl groups is 1. The number of rotatable bonds is 3. The molecule has 9 nitrogen and oxygen atoms in total. The van der Waals surface area contributed by atoms with Crippen molar-refractivity contribution in [1.29, 1.82) is 0 Å². The summed E-state index contributed by atoms with van der Waals surface area (Å²) in [6.45, 7) is 3.44. The second-order valence-electron chi connectivity index (χ2n) is 7.90. The molecule has 3 rings (SSSR count). The number of piperazine rings is 1. The molecule has 0 aromatic heterocycles. The molecule has 1 aromatic carbocycles. The molecule has 204 valence electrons. The number of nitrogens with zero attached hydrogens (tertiary/aromatic N) is 3. The predicted octanol–water partition coefficient (Wildman–Crippen LogP) is 1.81. The lowest BCUT2D eigenvalue weighted by Crippen LogP contribution is -2.64. The fraction of sp³-hybridized carbons (Fsp3) is 0.550. The number of carbonyl (C=O) groups is 3. The van der Waals surface area contributed by atoms with Gasteiger partial charge in [0, 0.05) is 31.9 Å². The van der Waals surface area contributed by atoms with Gasteiger partial charge in [-0.05, 0) is 31.7 Å². The SMILES string of the molecule is CN1CC(=O)N(c2cccc(F)c2)CC12CCN(CCO)C2.O=C(O)C(F)(F)F.O=C(O)C(F)(F)F. The van der Waals surface area contributed by atoms with Crippen LogP contribution in [-0.4, -0.2) is 107 Å². The van der Waals surface area contributed by atoms with E-state index in [1.54, 1.807) is 17.0 Å². The summed E-state index contributed by atoms with van der Waals surface area (Å²) in [5, 5.41) is 23.4.